The van der Waals surface area contributed by atoms with E-state index >= 15 is 0 Å². The predicted octanol–water partition coefficient (Wildman–Crippen LogP) is 4.01. The highest BCUT2D eigenvalue weighted by Crippen LogP contribution is 2.31. The van der Waals surface area contributed by atoms with Gasteiger partial charge in [-0.15, -0.1) is 0 Å². The van der Waals surface area contributed by atoms with Gasteiger partial charge in [-0.3, -0.25) is 0 Å². The Morgan fingerprint density at radius 1 is 1.17 bits per heavy atom. The zero-order valence-corrected chi connectivity index (χ0v) is 15.7. The molecule has 0 saturated heterocycles. The lowest BCUT2D eigenvalue weighted by molar-refractivity contribution is 0.198. The third-order valence-corrected chi connectivity index (χ3v) is 5.66. The van der Waals surface area contributed by atoms with Crippen molar-refractivity contribution >= 4 is 24.7 Å². The second kappa shape index (κ2) is 6.89. The van der Waals surface area contributed by atoms with Gasteiger partial charge in [-0.1, -0.05) is 19.6 Å². The van der Waals surface area contributed by atoms with E-state index in [0.29, 0.717) is 11.1 Å². The zero-order valence-electron chi connectivity index (χ0n) is 14.7. The fourth-order valence-corrected chi connectivity index (χ4v) is 4.31. The Bertz CT molecular complexity index is 729. The number of anilines is 1. The average Bonchev–Trinajstić information content (AvgIpc) is 2.45. The van der Waals surface area contributed by atoms with Crippen molar-refractivity contribution < 1.29 is 9.52 Å². The van der Waals surface area contributed by atoms with E-state index in [1.54, 1.807) is 0 Å². The molecule has 0 bridgehead atoms. The molecule has 0 spiro atoms. The Labute approximate surface area is 138 Å². The summed E-state index contributed by atoms with van der Waals surface area (Å²) in [6.07, 6.45) is -0.618. The molecule has 1 N–H and O–H groups in total. The summed E-state index contributed by atoms with van der Waals surface area (Å²) in [5, 5.41) is 11.4. The average molecular weight is 334 g/mol. The molecule has 4 nitrogen and oxygen atoms in total. The number of hydrogen-bond donors (Lipinski definition) is 1. The van der Waals surface area contributed by atoms with Gasteiger partial charge in [0, 0.05) is 44.4 Å². The number of nitrogens with zero attached hydrogens (tertiary/aromatic N) is 1. The van der Waals surface area contributed by atoms with Crippen LogP contribution in [0.4, 0.5) is 5.69 Å². The standard InChI is InChI=1S/C18H27NO3Si/c1-6-19(7-2)13-8-9-14-15(16(20)12-23(3,4)5)11-18(21)22-17(14)10-13/h8-11,16,20H,6-7,12H2,1-5H3. The molecular weight excluding hydrogens is 306 g/mol. The Kier molecular flexibility index (Phi) is 5.32. The lowest BCUT2D eigenvalue weighted by Crippen LogP contribution is -2.23. The van der Waals surface area contributed by atoms with Crippen LogP contribution < -0.4 is 10.5 Å². The second-order valence-electron chi connectivity index (χ2n) is 7.15. The number of rotatable bonds is 6. The minimum Gasteiger partial charge on any atom is -0.423 e. The minimum absolute atomic E-state index is 0.404. The number of aliphatic hydroxyl groups excluding tert-OH is 1. The summed E-state index contributed by atoms with van der Waals surface area (Å²) in [5.41, 5.74) is 1.86. The van der Waals surface area contributed by atoms with Crippen LogP contribution in [0.15, 0.2) is 33.5 Å². The van der Waals surface area contributed by atoms with Crippen LogP contribution in [0.25, 0.3) is 11.0 Å². The molecule has 0 aliphatic carbocycles. The largest absolute Gasteiger partial charge is 0.423 e. The molecule has 126 valence electrons. The highest BCUT2D eigenvalue weighted by molar-refractivity contribution is 6.76. The molecule has 0 saturated carbocycles. The molecule has 0 amide bonds. The Balaban J connectivity index is 2.53. The summed E-state index contributed by atoms with van der Waals surface area (Å²) in [7, 11) is -1.44. The molecule has 0 aliphatic rings. The first kappa shape index (κ1) is 17.8. The monoisotopic (exact) mass is 333 g/mol. The molecule has 1 unspecified atom stereocenters. The zero-order chi connectivity index (χ0) is 17.2. The van der Waals surface area contributed by atoms with E-state index in [0.717, 1.165) is 30.2 Å². The molecule has 1 aromatic heterocycles. The highest BCUT2D eigenvalue weighted by Gasteiger charge is 2.22. The molecule has 5 heteroatoms. The van der Waals surface area contributed by atoms with E-state index in [1.165, 1.54) is 6.07 Å². The molecular formula is C18H27NO3Si. The van der Waals surface area contributed by atoms with E-state index in [4.69, 9.17) is 4.42 Å². The lowest BCUT2D eigenvalue weighted by atomic mass is 10.1. The fourth-order valence-electron chi connectivity index (χ4n) is 2.93. The van der Waals surface area contributed by atoms with Crippen molar-refractivity contribution in [1.29, 1.82) is 0 Å². The van der Waals surface area contributed by atoms with Crippen LogP contribution in [-0.4, -0.2) is 26.3 Å². The molecule has 23 heavy (non-hydrogen) atoms. The van der Waals surface area contributed by atoms with Crippen molar-refractivity contribution in [2.75, 3.05) is 18.0 Å². The maximum atomic E-state index is 11.9. The van der Waals surface area contributed by atoms with Crippen molar-refractivity contribution in [2.45, 2.75) is 45.6 Å². The van der Waals surface area contributed by atoms with Crippen LogP contribution in [0.1, 0.15) is 25.5 Å². The fraction of sp³-hybridized carbons (Fsp3) is 0.500. The molecule has 2 aromatic rings. The van der Waals surface area contributed by atoms with Gasteiger partial charge < -0.3 is 14.4 Å². The van der Waals surface area contributed by atoms with Crippen LogP contribution in [0.5, 0.6) is 0 Å². The summed E-state index contributed by atoms with van der Waals surface area (Å²) in [6, 6.07) is 8.04. The van der Waals surface area contributed by atoms with E-state index < -0.39 is 19.8 Å². The van der Waals surface area contributed by atoms with Gasteiger partial charge in [-0.25, -0.2) is 4.79 Å². The molecule has 2 rings (SSSR count). The van der Waals surface area contributed by atoms with Crippen LogP contribution in [0, 0.1) is 0 Å². The summed E-state index contributed by atoms with van der Waals surface area (Å²) in [6.45, 7) is 12.6. The Morgan fingerprint density at radius 3 is 2.39 bits per heavy atom. The van der Waals surface area contributed by atoms with Gasteiger partial charge in [0.05, 0.1) is 6.10 Å². The quantitative estimate of drug-likeness (QED) is 0.641. The molecule has 0 aliphatic heterocycles. The number of fused-ring (bicyclic) bond motifs is 1. The van der Waals surface area contributed by atoms with Gasteiger partial charge in [0.2, 0.25) is 0 Å². The predicted molar refractivity (Wildman–Crippen MR) is 99.2 cm³/mol. The van der Waals surface area contributed by atoms with Crippen LogP contribution in [0.2, 0.25) is 25.7 Å². The second-order valence-corrected chi connectivity index (χ2v) is 12.7. The number of benzene rings is 1. The van der Waals surface area contributed by atoms with E-state index in [1.807, 2.05) is 18.2 Å². The van der Waals surface area contributed by atoms with Gasteiger partial charge in [-0.2, -0.15) is 0 Å². The van der Waals surface area contributed by atoms with Gasteiger partial charge >= 0.3 is 5.63 Å². The summed E-state index contributed by atoms with van der Waals surface area (Å²) < 4.78 is 5.38. The maximum Gasteiger partial charge on any atom is 0.336 e. The molecule has 1 aromatic carbocycles. The lowest BCUT2D eigenvalue weighted by Gasteiger charge is -2.23. The van der Waals surface area contributed by atoms with Gasteiger partial charge in [-0.05, 0) is 37.6 Å². The molecule has 0 radical (unpaired) electrons. The van der Waals surface area contributed by atoms with Crippen molar-refractivity contribution in [3.05, 3.63) is 40.2 Å². The highest BCUT2D eigenvalue weighted by atomic mass is 28.3. The van der Waals surface area contributed by atoms with Crippen LogP contribution in [0.3, 0.4) is 0 Å². The maximum absolute atomic E-state index is 11.9. The number of aliphatic hydroxyl groups is 1. The first-order valence-electron chi connectivity index (χ1n) is 8.26. The van der Waals surface area contributed by atoms with E-state index in [2.05, 4.69) is 38.4 Å². The van der Waals surface area contributed by atoms with Gasteiger partial charge in [0.1, 0.15) is 5.58 Å². The van der Waals surface area contributed by atoms with E-state index in [-0.39, 0.29) is 0 Å². The van der Waals surface area contributed by atoms with Gasteiger partial charge in [0.15, 0.2) is 0 Å². The summed E-state index contributed by atoms with van der Waals surface area (Å²) in [4.78, 5) is 14.1. The smallest absolute Gasteiger partial charge is 0.336 e. The van der Waals surface area contributed by atoms with Crippen molar-refractivity contribution in [3.63, 3.8) is 0 Å². The van der Waals surface area contributed by atoms with Crippen molar-refractivity contribution in [1.82, 2.24) is 0 Å². The normalized spacial score (nSPS) is 13.3. The molecule has 0 fully saturated rings. The molecule has 1 heterocycles. The third kappa shape index (κ3) is 4.23. The third-order valence-electron chi connectivity index (χ3n) is 4.05. The first-order valence-corrected chi connectivity index (χ1v) is 12.0. The summed E-state index contributed by atoms with van der Waals surface area (Å²) >= 11 is 0. The number of hydrogen-bond acceptors (Lipinski definition) is 4. The van der Waals surface area contributed by atoms with Crippen molar-refractivity contribution in [3.8, 4) is 0 Å². The van der Waals surface area contributed by atoms with Crippen LogP contribution in [-0.2, 0) is 0 Å². The Hall–Kier alpha value is -1.59. The first-order chi connectivity index (χ1) is 10.7. The molecule has 1 atom stereocenters. The topological polar surface area (TPSA) is 53.7 Å². The van der Waals surface area contributed by atoms with Gasteiger partial charge in [0.25, 0.3) is 0 Å². The Morgan fingerprint density at radius 2 is 1.83 bits per heavy atom. The van der Waals surface area contributed by atoms with Crippen LogP contribution >= 0.6 is 0 Å². The summed E-state index contributed by atoms with van der Waals surface area (Å²) in [5.74, 6) is 0. The van der Waals surface area contributed by atoms with E-state index in [9.17, 15) is 9.90 Å². The van der Waals surface area contributed by atoms with Crippen molar-refractivity contribution in [2.24, 2.45) is 0 Å². The minimum atomic E-state index is -1.44. The SMILES string of the molecule is CCN(CC)c1ccc2c(C(O)C[Si](C)(C)C)cc(=O)oc2c1.